The number of nitrogens with one attached hydrogen (secondary N) is 1. The number of benzene rings is 1. The highest BCUT2D eigenvalue weighted by molar-refractivity contribution is 5.49. The first-order chi connectivity index (χ1) is 8.52. The molecule has 5 heteroatoms. The Balaban J connectivity index is 1.77. The van der Waals surface area contributed by atoms with Gasteiger partial charge in [0.25, 0.3) is 0 Å². The Kier molecular flexibility index (Phi) is 2.73. The van der Waals surface area contributed by atoms with Crippen molar-refractivity contribution < 1.29 is 13.2 Å². The Hall–Kier alpha value is -1.23. The van der Waals surface area contributed by atoms with Crippen molar-refractivity contribution in [3.63, 3.8) is 0 Å². The smallest absolute Gasteiger partial charge is 0.368 e. The van der Waals surface area contributed by atoms with Gasteiger partial charge in [-0.2, -0.15) is 13.2 Å². The summed E-state index contributed by atoms with van der Waals surface area (Å²) >= 11 is 0. The van der Waals surface area contributed by atoms with Crippen LogP contribution in [-0.2, 0) is 6.18 Å². The van der Waals surface area contributed by atoms with Gasteiger partial charge in [-0.3, -0.25) is 0 Å². The van der Waals surface area contributed by atoms with Gasteiger partial charge in [-0.15, -0.1) is 0 Å². The van der Waals surface area contributed by atoms with Crippen molar-refractivity contribution in [3.05, 3.63) is 29.8 Å². The fourth-order valence-electron chi connectivity index (χ4n) is 2.87. The highest BCUT2D eigenvalue weighted by atomic mass is 19.4. The van der Waals surface area contributed by atoms with Gasteiger partial charge < -0.3 is 10.2 Å². The molecule has 0 radical (unpaired) electrons. The van der Waals surface area contributed by atoms with Crippen molar-refractivity contribution in [2.24, 2.45) is 0 Å². The lowest BCUT2D eigenvalue weighted by Crippen LogP contribution is -2.51. The van der Waals surface area contributed by atoms with Crippen molar-refractivity contribution in [3.8, 4) is 0 Å². The predicted octanol–water partition coefficient (Wildman–Crippen LogP) is 2.65. The number of fused-ring (bicyclic) bond motifs is 2. The zero-order valence-electron chi connectivity index (χ0n) is 9.87. The van der Waals surface area contributed by atoms with E-state index in [-0.39, 0.29) is 0 Å². The van der Waals surface area contributed by atoms with E-state index in [0.717, 1.165) is 18.8 Å². The monoisotopic (exact) mass is 256 g/mol. The van der Waals surface area contributed by atoms with E-state index in [1.165, 1.54) is 25.0 Å². The van der Waals surface area contributed by atoms with E-state index in [0.29, 0.717) is 12.1 Å². The van der Waals surface area contributed by atoms with E-state index in [1.807, 2.05) is 0 Å². The second kappa shape index (κ2) is 4.16. The molecular weight excluding hydrogens is 241 g/mol. The van der Waals surface area contributed by atoms with Crippen LogP contribution in [0.3, 0.4) is 0 Å². The third kappa shape index (κ3) is 2.19. The molecule has 3 rings (SSSR count). The third-order valence-corrected chi connectivity index (χ3v) is 3.78. The van der Waals surface area contributed by atoms with Gasteiger partial charge in [-0.05, 0) is 37.1 Å². The highest BCUT2D eigenvalue weighted by Gasteiger charge is 2.33. The molecule has 0 aliphatic carbocycles. The van der Waals surface area contributed by atoms with Crippen LogP contribution in [0.15, 0.2) is 24.3 Å². The van der Waals surface area contributed by atoms with Crippen LogP contribution in [0.5, 0.6) is 0 Å². The second-order valence-electron chi connectivity index (χ2n) is 5.09. The number of anilines is 1. The van der Waals surface area contributed by atoms with Crippen LogP contribution < -0.4 is 10.2 Å². The predicted molar refractivity (Wildman–Crippen MR) is 63.6 cm³/mol. The maximum Gasteiger partial charge on any atom is 0.416 e. The van der Waals surface area contributed by atoms with Crippen LogP contribution >= 0.6 is 0 Å². The number of halogens is 3. The molecule has 0 amide bonds. The Bertz CT molecular complexity index is 415. The highest BCUT2D eigenvalue weighted by Crippen LogP contribution is 2.31. The topological polar surface area (TPSA) is 15.3 Å². The van der Waals surface area contributed by atoms with E-state index in [4.69, 9.17) is 0 Å². The van der Waals surface area contributed by atoms with Gasteiger partial charge in [-0.1, -0.05) is 0 Å². The van der Waals surface area contributed by atoms with Gasteiger partial charge in [-0.25, -0.2) is 0 Å². The van der Waals surface area contributed by atoms with Crippen molar-refractivity contribution >= 4 is 5.69 Å². The minimum atomic E-state index is -4.25. The summed E-state index contributed by atoms with van der Waals surface area (Å²) in [6.45, 7) is 1.78. The summed E-state index contributed by atoms with van der Waals surface area (Å²) in [4.78, 5) is 2.18. The van der Waals surface area contributed by atoms with Crippen LogP contribution in [0, 0.1) is 0 Å². The molecule has 98 valence electrons. The van der Waals surface area contributed by atoms with Crippen molar-refractivity contribution in [1.29, 1.82) is 0 Å². The fourth-order valence-corrected chi connectivity index (χ4v) is 2.87. The first kappa shape index (κ1) is 11.8. The first-order valence-electron chi connectivity index (χ1n) is 6.20. The standard InChI is InChI=1S/C13H15F3N2/c14-13(15,16)9-1-5-12(6-2-9)18-7-10-3-4-11(8-18)17-10/h1-2,5-6,10-11,17H,3-4,7-8H2. The Labute approximate surface area is 104 Å². The van der Waals surface area contributed by atoms with Gasteiger partial charge in [0.15, 0.2) is 0 Å². The second-order valence-corrected chi connectivity index (χ2v) is 5.09. The van der Waals surface area contributed by atoms with Crippen LogP contribution in [0.1, 0.15) is 18.4 Å². The number of nitrogens with zero attached hydrogens (tertiary/aromatic N) is 1. The number of hydrogen-bond donors (Lipinski definition) is 1. The number of alkyl halides is 3. The Morgan fingerprint density at radius 1 is 1.00 bits per heavy atom. The van der Waals surface area contributed by atoms with Gasteiger partial charge in [0.05, 0.1) is 5.56 Å². The van der Waals surface area contributed by atoms with Crippen LogP contribution in [0.2, 0.25) is 0 Å². The van der Waals surface area contributed by atoms with E-state index < -0.39 is 11.7 Å². The Morgan fingerprint density at radius 2 is 1.56 bits per heavy atom. The molecule has 2 unspecified atom stereocenters. The molecule has 0 aromatic heterocycles. The van der Waals surface area contributed by atoms with Crippen LogP contribution in [0.4, 0.5) is 18.9 Å². The molecule has 2 bridgehead atoms. The molecule has 2 aliphatic rings. The molecule has 18 heavy (non-hydrogen) atoms. The largest absolute Gasteiger partial charge is 0.416 e. The maximum absolute atomic E-state index is 12.5. The van der Waals surface area contributed by atoms with Crippen LogP contribution in [-0.4, -0.2) is 25.2 Å². The molecule has 0 spiro atoms. The zero-order chi connectivity index (χ0) is 12.8. The van der Waals surface area contributed by atoms with E-state index >= 15 is 0 Å². The zero-order valence-corrected chi connectivity index (χ0v) is 9.87. The van der Waals surface area contributed by atoms with Crippen molar-refractivity contribution in [1.82, 2.24) is 5.32 Å². The molecule has 2 aliphatic heterocycles. The SMILES string of the molecule is FC(F)(F)c1ccc(N2CC3CCC(C2)N3)cc1. The molecule has 2 saturated heterocycles. The van der Waals surface area contributed by atoms with E-state index in [9.17, 15) is 13.2 Å². The average molecular weight is 256 g/mol. The summed E-state index contributed by atoms with van der Waals surface area (Å²) in [6, 6.07) is 6.47. The van der Waals surface area contributed by atoms with Crippen molar-refractivity contribution in [2.45, 2.75) is 31.1 Å². The quantitative estimate of drug-likeness (QED) is 0.831. The molecule has 0 saturated carbocycles. The number of rotatable bonds is 1. The molecule has 1 aromatic carbocycles. The maximum atomic E-state index is 12.5. The molecule has 2 fully saturated rings. The molecule has 2 nitrogen and oxygen atoms in total. The molecular formula is C13H15F3N2. The lowest BCUT2D eigenvalue weighted by Gasteiger charge is -2.34. The van der Waals surface area contributed by atoms with E-state index in [2.05, 4.69) is 10.2 Å². The molecule has 1 aromatic rings. The average Bonchev–Trinajstić information content (AvgIpc) is 2.67. The van der Waals surface area contributed by atoms with E-state index in [1.54, 1.807) is 12.1 Å². The number of hydrogen-bond acceptors (Lipinski definition) is 2. The van der Waals surface area contributed by atoms with Gasteiger partial charge in [0.2, 0.25) is 0 Å². The summed E-state index contributed by atoms with van der Waals surface area (Å²) in [6.07, 6.45) is -1.91. The lowest BCUT2D eigenvalue weighted by molar-refractivity contribution is -0.137. The third-order valence-electron chi connectivity index (χ3n) is 3.78. The summed E-state index contributed by atoms with van der Waals surface area (Å²) < 4.78 is 37.4. The summed E-state index contributed by atoms with van der Waals surface area (Å²) in [5, 5.41) is 3.50. The van der Waals surface area contributed by atoms with Crippen LogP contribution in [0.25, 0.3) is 0 Å². The molecule has 2 atom stereocenters. The minimum absolute atomic E-state index is 0.492. The minimum Gasteiger partial charge on any atom is -0.368 e. The van der Waals surface area contributed by atoms with Crippen molar-refractivity contribution in [2.75, 3.05) is 18.0 Å². The summed E-state index contributed by atoms with van der Waals surface area (Å²) in [5.74, 6) is 0. The van der Waals surface area contributed by atoms with Gasteiger partial charge >= 0.3 is 6.18 Å². The van der Waals surface area contributed by atoms with Gasteiger partial charge in [0, 0.05) is 30.9 Å². The summed E-state index contributed by atoms with van der Waals surface area (Å²) in [5.41, 5.74) is 0.311. The van der Waals surface area contributed by atoms with Gasteiger partial charge in [0.1, 0.15) is 0 Å². The molecule has 1 N–H and O–H groups in total. The first-order valence-corrected chi connectivity index (χ1v) is 6.20. The number of piperazine rings is 1. The Morgan fingerprint density at radius 3 is 2.06 bits per heavy atom. The fraction of sp³-hybridized carbons (Fsp3) is 0.538. The summed E-state index contributed by atoms with van der Waals surface area (Å²) in [7, 11) is 0. The molecule has 2 heterocycles. The lowest BCUT2D eigenvalue weighted by atomic mass is 10.1. The normalized spacial score (nSPS) is 27.6.